The van der Waals surface area contributed by atoms with E-state index in [2.05, 4.69) is 8.93 Å². The molecule has 4 heteroatoms. The van der Waals surface area contributed by atoms with Crippen molar-refractivity contribution in [1.82, 2.24) is 0 Å². The van der Waals surface area contributed by atoms with Gasteiger partial charge in [0.05, 0.1) is 6.35 Å². The summed E-state index contributed by atoms with van der Waals surface area (Å²) >= 11 is 0. The lowest BCUT2D eigenvalue weighted by atomic mass is 10.8. The van der Waals surface area contributed by atoms with Crippen LogP contribution in [0.25, 0.3) is 0 Å². The molecule has 0 bridgehead atoms. The number of aliphatic hydroxyl groups is 1. The Morgan fingerprint density at radius 1 is 2.00 bits per heavy atom. The lowest BCUT2D eigenvalue weighted by molar-refractivity contribution is 0.373. The summed E-state index contributed by atoms with van der Waals surface area (Å²) in [5.74, 6) is 0. The zero-order valence-corrected chi connectivity index (χ0v) is 4.81. The van der Waals surface area contributed by atoms with E-state index in [4.69, 9.17) is 12.7 Å². The minimum Gasteiger partial charge on any atom is -0.392 e. The Kier molecular flexibility index (Phi) is 3.64. The monoisotopic (exact) mass is 106 g/mol. The normalized spacial score (nSPS) is 14.8. The standard InChI is InChI=1S/CH5BOP2/c2-5(4)1-3/h3H,1,4H2. The van der Waals surface area contributed by atoms with Crippen LogP contribution < -0.4 is 0 Å². The fourth-order valence-electron chi connectivity index (χ4n) is 0. The van der Waals surface area contributed by atoms with Gasteiger partial charge in [-0.25, -0.2) is 0 Å². The highest BCUT2D eigenvalue weighted by Crippen LogP contribution is 2.36. The van der Waals surface area contributed by atoms with Gasteiger partial charge in [-0.2, -0.15) is 0 Å². The van der Waals surface area contributed by atoms with Gasteiger partial charge in [0.25, 0.3) is 0 Å². The van der Waals surface area contributed by atoms with Crippen LogP contribution in [0.4, 0.5) is 0 Å². The van der Waals surface area contributed by atoms with Gasteiger partial charge in [0.2, 0.25) is 0 Å². The second-order valence-corrected chi connectivity index (χ2v) is 3.96. The molecule has 0 aliphatic carbocycles. The van der Waals surface area contributed by atoms with Crippen LogP contribution in [0.5, 0.6) is 0 Å². The van der Waals surface area contributed by atoms with Crippen molar-refractivity contribution in [3.63, 3.8) is 0 Å². The Balaban J connectivity index is 2.54. The van der Waals surface area contributed by atoms with Crippen molar-refractivity contribution in [1.29, 1.82) is 0 Å². The summed E-state index contributed by atoms with van der Waals surface area (Å²) < 4.78 is 0. The molecule has 0 amide bonds. The molecule has 0 aliphatic heterocycles. The fraction of sp³-hybridized carbons (Fsp3) is 1.00. The molecule has 2 atom stereocenters. The maximum Gasteiger partial charge on any atom is 0.117 e. The van der Waals surface area contributed by atoms with Crippen molar-refractivity contribution in [2.24, 2.45) is 0 Å². The van der Waals surface area contributed by atoms with Gasteiger partial charge in [-0.3, -0.25) is 0 Å². The molecule has 1 nitrogen and oxygen atoms in total. The van der Waals surface area contributed by atoms with E-state index in [1.165, 1.54) is 0 Å². The summed E-state index contributed by atoms with van der Waals surface area (Å²) in [4.78, 5) is 0. The molecule has 0 aliphatic rings. The minimum atomic E-state index is -0.626. The van der Waals surface area contributed by atoms with Crippen LogP contribution in [-0.4, -0.2) is 19.0 Å². The molecule has 0 saturated heterocycles. The first-order valence-corrected chi connectivity index (χ1v) is 4.36. The summed E-state index contributed by atoms with van der Waals surface area (Å²) in [6.45, 7) is 0. The van der Waals surface area contributed by atoms with E-state index in [0.717, 1.165) is 0 Å². The van der Waals surface area contributed by atoms with Crippen molar-refractivity contribution >= 4 is 24.0 Å². The van der Waals surface area contributed by atoms with E-state index in [-0.39, 0.29) is 6.35 Å². The lowest BCUT2D eigenvalue weighted by Crippen LogP contribution is -1.67. The summed E-state index contributed by atoms with van der Waals surface area (Å²) in [6.07, 6.45) is 0.111. The summed E-state index contributed by atoms with van der Waals surface area (Å²) in [5.41, 5.74) is 0. The van der Waals surface area contributed by atoms with Crippen molar-refractivity contribution in [2.45, 2.75) is 0 Å². The van der Waals surface area contributed by atoms with Crippen LogP contribution in [0.3, 0.4) is 0 Å². The molecule has 0 spiro atoms. The largest absolute Gasteiger partial charge is 0.392 e. The van der Waals surface area contributed by atoms with Crippen molar-refractivity contribution < 1.29 is 5.11 Å². The predicted molar refractivity (Wildman–Crippen MR) is 29.5 cm³/mol. The maximum absolute atomic E-state index is 8.03. The highest BCUT2D eigenvalue weighted by Gasteiger charge is 1.79. The molecule has 0 aromatic heterocycles. The van der Waals surface area contributed by atoms with Gasteiger partial charge in [-0.1, -0.05) is 0 Å². The van der Waals surface area contributed by atoms with Gasteiger partial charge >= 0.3 is 0 Å². The fourth-order valence-corrected chi connectivity index (χ4v) is 0. The van der Waals surface area contributed by atoms with Crippen LogP contribution in [0.2, 0.25) is 0 Å². The molecule has 0 rings (SSSR count). The van der Waals surface area contributed by atoms with E-state index in [1.807, 2.05) is 0 Å². The topological polar surface area (TPSA) is 20.2 Å². The summed E-state index contributed by atoms with van der Waals surface area (Å²) in [6, 6.07) is 0. The second-order valence-electron chi connectivity index (χ2n) is 0.656. The van der Waals surface area contributed by atoms with E-state index in [1.54, 1.807) is 0 Å². The molecular formula is CH5BOP2. The molecule has 0 fully saturated rings. The highest BCUT2D eigenvalue weighted by molar-refractivity contribution is 8.26. The van der Waals surface area contributed by atoms with Crippen LogP contribution in [0.1, 0.15) is 0 Å². The molecule has 5 heavy (non-hydrogen) atoms. The van der Waals surface area contributed by atoms with Crippen molar-refractivity contribution in [3.05, 3.63) is 0 Å². The van der Waals surface area contributed by atoms with Gasteiger partial charge in [0, 0.05) is 0 Å². The first kappa shape index (κ1) is 5.88. The Labute approximate surface area is 36.4 Å². The maximum atomic E-state index is 8.03. The average molecular weight is 106 g/mol. The molecule has 2 radical (unpaired) electrons. The molecule has 28 valence electrons. The zero-order chi connectivity index (χ0) is 4.28. The summed E-state index contributed by atoms with van der Waals surface area (Å²) in [5, 5.41) is 8.03. The predicted octanol–water partition coefficient (Wildman–Crippen LogP) is 0.292. The molecule has 0 aromatic rings. The Morgan fingerprint density at radius 3 is 2.20 bits per heavy atom. The van der Waals surface area contributed by atoms with Crippen LogP contribution in [-0.2, 0) is 0 Å². The van der Waals surface area contributed by atoms with Crippen LogP contribution in [0, 0.1) is 0 Å². The summed E-state index contributed by atoms with van der Waals surface area (Å²) in [7, 11) is 6.77. The van der Waals surface area contributed by atoms with Gasteiger partial charge in [0.1, 0.15) is 7.57 Å². The van der Waals surface area contributed by atoms with E-state index in [0.29, 0.717) is 0 Å². The smallest absolute Gasteiger partial charge is 0.117 e. The average Bonchev–Trinajstić information content (AvgIpc) is 1.38. The molecule has 0 aromatic carbocycles. The molecule has 2 unspecified atom stereocenters. The lowest BCUT2D eigenvalue weighted by Gasteiger charge is -1.92. The Bertz CT molecular complexity index is 23.6. The molecule has 0 saturated carbocycles. The highest BCUT2D eigenvalue weighted by atomic mass is 32.0. The van der Waals surface area contributed by atoms with Gasteiger partial charge < -0.3 is 5.11 Å². The number of rotatable bonds is 1. The minimum absolute atomic E-state index is 0.111. The number of hydrogen-bond acceptors (Lipinski definition) is 1. The van der Waals surface area contributed by atoms with Gasteiger partial charge in [0.15, 0.2) is 0 Å². The first-order chi connectivity index (χ1) is 2.27. The number of hydrogen-bond donors (Lipinski definition) is 1. The molecule has 1 N–H and O–H groups in total. The second kappa shape index (κ2) is 3.09. The van der Waals surface area contributed by atoms with E-state index >= 15 is 0 Å². The third-order valence-electron chi connectivity index (χ3n) is 0.163. The van der Waals surface area contributed by atoms with Gasteiger partial charge in [-0.15, -0.1) is 16.4 Å². The third kappa shape index (κ3) is 4.88. The van der Waals surface area contributed by atoms with Crippen LogP contribution >= 0.6 is 16.4 Å². The van der Waals surface area contributed by atoms with Crippen LogP contribution in [0.15, 0.2) is 0 Å². The van der Waals surface area contributed by atoms with Gasteiger partial charge in [-0.05, 0) is 0 Å². The Hall–Kier alpha value is 0.885. The molecule has 0 heterocycles. The Morgan fingerprint density at radius 2 is 2.20 bits per heavy atom. The third-order valence-corrected chi connectivity index (χ3v) is 0.980. The quantitative estimate of drug-likeness (QED) is 0.376. The molecular weight excluding hydrogens is 101 g/mol. The van der Waals surface area contributed by atoms with E-state index < -0.39 is 7.49 Å². The van der Waals surface area contributed by atoms with Crippen molar-refractivity contribution in [2.75, 3.05) is 6.35 Å². The first-order valence-electron chi connectivity index (χ1n) is 1.15. The zero-order valence-electron chi connectivity index (χ0n) is 2.76. The van der Waals surface area contributed by atoms with E-state index in [9.17, 15) is 0 Å². The number of aliphatic hydroxyl groups excluding tert-OH is 1. The SMILES string of the molecule is [B]P(P)CO. The van der Waals surface area contributed by atoms with Crippen molar-refractivity contribution in [3.8, 4) is 0 Å².